The van der Waals surface area contributed by atoms with Gasteiger partial charge in [0.25, 0.3) is 5.91 Å². The minimum atomic E-state index is -0.247. The van der Waals surface area contributed by atoms with Crippen molar-refractivity contribution in [2.45, 2.75) is 13.5 Å². The van der Waals surface area contributed by atoms with Crippen molar-refractivity contribution in [2.75, 3.05) is 19.0 Å². The highest BCUT2D eigenvalue weighted by atomic mass is 127. The Morgan fingerprint density at radius 1 is 1.30 bits per heavy atom. The fourth-order valence-electron chi connectivity index (χ4n) is 2.04. The van der Waals surface area contributed by atoms with E-state index in [1.54, 1.807) is 12.1 Å². The Morgan fingerprint density at radius 2 is 2.04 bits per heavy atom. The topological polar surface area (TPSA) is 67.8 Å². The average Bonchev–Trinajstić information content (AvgIpc) is 2.55. The van der Waals surface area contributed by atoms with Gasteiger partial charge in [0.05, 0.1) is 17.3 Å². The van der Waals surface area contributed by atoms with Crippen LogP contribution in [0.3, 0.4) is 0 Å². The molecule has 0 aliphatic rings. The summed E-state index contributed by atoms with van der Waals surface area (Å²) >= 11 is 2.09. The lowest BCUT2D eigenvalue weighted by atomic mass is 10.2. The van der Waals surface area contributed by atoms with Gasteiger partial charge in [-0.3, -0.25) is 4.79 Å². The van der Waals surface area contributed by atoms with E-state index in [0.717, 1.165) is 20.4 Å². The third kappa shape index (κ3) is 4.59. The van der Waals surface area contributed by atoms with Crippen molar-refractivity contribution in [2.24, 2.45) is 0 Å². The van der Waals surface area contributed by atoms with E-state index in [4.69, 9.17) is 9.47 Å². The summed E-state index contributed by atoms with van der Waals surface area (Å²) in [5.74, 6) is 0.735. The maximum absolute atomic E-state index is 12.1. The first-order valence-electron chi connectivity index (χ1n) is 7.00. The molecule has 0 fully saturated rings. The molecule has 2 N–H and O–H groups in total. The van der Waals surface area contributed by atoms with Crippen molar-refractivity contribution in [3.63, 3.8) is 0 Å². The van der Waals surface area contributed by atoms with Crippen molar-refractivity contribution in [3.05, 3.63) is 51.1 Å². The number of hydrogen-bond donors (Lipinski definition) is 2. The third-order valence-electron chi connectivity index (χ3n) is 3.24. The van der Waals surface area contributed by atoms with E-state index in [0.29, 0.717) is 11.5 Å². The summed E-state index contributed by atoms with van der Waals surface area (Å²) in [5.41, 5.74) is 2.47. The Morgan fingerprint density at radius 3 is 2.70 bits per heavy atom. The predicted octanol–water partition coefficient (Wildman–Crippen LogP) is 3.12. The van der Waals surface area contributed by atoms with E-state index < -0.39 is 0 Å². The molecule has 1 amide bonds. The Kier molecular flexibility index (Phi) is 6.23. The number of carbonyl (C=O) groups is 1. The van der Waals surface area contributed by atoms with Gasteiger partial charge in [0, 0.05) is 5.69 Å². The monoisotopic (exact) mass is 427 g/mol. The van der Waals surface area contributed by atoms with Gasteiger partial charge in [0.2, 0.25) is 0 Å². The number of ether oxygens (including phenoxy) is 2. The van der Waals surface area contributed by atoms with Crippen LogP contribution < -0.4 is 14.8 Å². The minimum absolute atomic E-state index is 0.0829. The number of methoxy groups -OCH3 is 1. The highest BCUT2D eigenvalue weighted by Gasteiger charge is 2.13. The second-order valence-corrected chi connectivity index (χ2v) is 6.08. The molecule has 0 bridgehead atoms. The van der Waals surface area contributed by atoms with Crippen LogP contribution in [0.25, 0.3) is 0 Å². The summed E-state index contributed by atoms with van der Waals surface area (Å²) in [6, 6.07) is 11.0. The fourth-order valence-corrected chi connectivity index (χ4v) is 2.86. The van der Waals surface area contributed by atoms with E-state index in [1.807, 2.05) is 31.2 Å². The number of carbonyl (C=O) groups excluding carboxylic acids is 1. The molecular weight excluding hydrogens is 409 g/mol. The first-order chi connectivity index (χ1) is 11.0. The van der Waals surface area contributed by atoms with Crippen molar-refractivity contribution < 1.29 is 19.4 Å². The minimum Gasteiger partial charge on any atom is -0.493 e. The van der Waals surface area contributed by atoms with Crippen molar-refractivity contribution in [1.82, 2.24) is 0 Å². The van der Waals surface area contributed by atoms with Gasteiger partial charge in [-0.05, 0) is 58.8 Å². The number of nitrogens with one attached hydrogen (secondary N) is 1. The lowest BCUT2D eigenvalue weighted by Crippen LogP contribution is -2.21. The lowest BCUT2D eigenvalue weighted by molar-refractivity contribution is -0.118. The molecule has 0 unspecified atom stereocenters. The standard InChI is InChI=1S/C17H18INO4/c1-11-5-3-4-6-14(11)19-16(21)10-23-17-13(18)7-12(9-20)8-15(17)22-2/h3-8,20H,9-10H2,1-2H3,(H,19,21). The van der Waals surface area contributed by atoms with Crippen LogP contribution in [0.15, 0.2) is 36.4 Å². The fraction of sp³-hybridized carbons (Fsp3) is 0.235. The highest BCUT2D eigenvalue weighted by molar-refractivity contribution is 14.1. The van der Waals surface area contributed by atoms with Gasteiger partial charge < -0.3 is 19.9 Å². The van der Waals surface area contributed by atoms with Gasteiger partial charge in [-0.15, -0.1) is 0 Å². The molecule has 0 saturated carbocycles. The van der Waals surface area contributed by atoms with E-state index in [-0.39, 0.29) is 19.1 Å². The lowest BCUT2D eigenvalue weighted by Gasteiger charge is -2.14. The van der Waals surface area contributed by atoms with Crippen LogP contribution in [0, 0.1) is 10.5 Å². The van der Waals surface area contributed by atoms with Crippen LogP contribution in [-0.4, -0.2) is 24.7 Å². The number of aliphatic hydroxyl groups is 1. The maximum atomic E-state index is 12.1. The Hall–Kier alpha value is -1.80. The average molecular weight is 427 g/mol. The molecule has 2 aromatic rings. The highest BCUT2D eigenvalue weighted by Crippen LogP contribution is 2.34. The first kappa shape index (κ1) is 17.6. The van der Waals surface area contributed by atoms with Crippen LogP contribution in [0.2, 0.25) is 0 Å². The van der Waals surface area contributed by atoms with Crippen LogP contribution >= 0.6 is 22.6 Å². The van der Waals surface area contributed by atoms with Crippen LogP contribution in [0.1, 0.15) is 11.1 Å². The normalized spacial score (nSPS) is 10.3. The van der Waals surface area contributed by atoms with E-state index in [9.17, 15) is 9.90 Å². The number of aliphatic hydroxyl groups excluding tert-OH is 1. The second kappa shape index (κ2) is 8.16. The molecule has 2 aromatic carbocycles. The van der Waals surface area contributed by atoms with E-state index in [1.165, 1.54) is 7.11 Å². The van der Waals surface area contributed by atoms with Gasteiger partial charge in [-0.2, -0.15) is 0 Å². The number of benzene rings is 2. The Balaban J connectivity index is 2.06. The third-order valence-corrected chi connectivity index (χ3v) is 4.04. The molecule has 0 heterocycles. The van der Waals surface area contributed by atoms with Crippen LogP contribution in [0.4, 0.5) is 5.69 Å². The molecule has 2 rings (SSSR count). The summed E-state index contributed by atoms with van der Waals surface area (Å²) in [4.78, 5) is 12.1. The molecule has 122 valence electrons. The molecule has 0 atom stereocenters. The summed E-state index contributed by atoms with van der Waals surface area (Å²) in [5, 5.41) is 12.0. The van der Waals surface area contributed by atoms with Gasteiger partial charge in [0.1, 0.15) is 0 Å². The Bertz CT molecular complexity index is 703. The molecule has 5 nitrogen and oxygen atoms in total. The summed E-state index contributed by atoms with van der Waals surface area (Å²) < 4.78 is 11.6. The number of anilines is 1. The van der Waals surface area contributed by atoms with Gasteiger partial charge in [-0.25, -0.2) is 0 Å². The number of aryl methyl sites for hydroxylation is 1. The van der Waals surface area contributed by atoms with Gasteiger partial charge >= 0.3 is 0 Å². The molecule has 0 spiro atoms. The molecule has 6 heteroatoms. The van der Waals surface area contributed by atoms with E-state index in [2.05, 4.69) is 27.9 Å². The van der Waals surface area contributed by atoms with Gasteiger partial charge in [-0.1, -0.05) is 18.2 Å². The van der Waals surface area contributed by atoms with Crippen molar-refractivity contribution >= 4 is 34.2 Å². The number of rotatable bonds is 6. The molecule has 0 saturated heterocycles. The Labute approximate surface area is 148 Å². The number of halogens is 1. The largest absolute Gasteiger partial charge is 0.493 e. The predicted molar refractivity (Wildman–Crippen MR) is 96.9 cm³/mol. The van der Waals surface area contributed by atoms with Crippen LogP contribution in [0.5, 0.6) is 11.5 Å². The number of amides is 1. The maximum Gasteiger partial charge on any atom is 0.262 e. The van der Waals surface area contributed by atoms with Crippen molar-refractivity contribution in [1.29, 1.82) is 0 Å². The van der Waals surface area contributed by atoms with Gasteiger partial charge in [0.15, 0.2) is 18.1 Å². The van der Waals surface area contributed by atoms with E-state index >= 15 is 0 Å². The molecular formula is C17H18INO4. The molecule has 0 aliphatic heterocycles. The second-order valence-electron chi connectivity index (χ2n) is 4.92. The summed E-state index contributed by atoms with van der Waals surface area (Å²) in [6.07, 6.45) is 0. The number of para-hydroxylation sites is 1. The van der Waals surface area contributed by atoms with Crippen molar-refractivity contribution in [3.8, 4) is 11.5 Å². The summed E-state index contributed by atoms with van der Waals surface area (Å²) in [6.45, 7) is 1.72. The summed E-state index contributed by atoms with van der Waals surface area (Å²) in [7, 11) is 1.52. The molecule has 0 aromatic heterocycles. The van der Waals surface area contributed by atoms with Crippen LogP contribution in [-0.2, 0) is 11.4 Å². The SMILES string of the molecule is COc1cc(CO)cc(I)c1OCC(=O)Nc1ccccc1C. The zero-order valence-electron chi connectivity index (χ0n) is 12.9. The zero-order valence-corrected chi connectivity index (χ0v) is 15.1. The smallest absolute Gasteiger partial charge is 0.262 e. The first-order valence-corrected chi connectivity index (χ1v) is 8.08. The molecule has 23 heavy (non-hydrogen) atoms. The zero-order chi connectivity index (χ0) is 16.8. The molecule has 0 aliphatic carbocycles. The quantitative estimate of drug-likeness (QED) is 0.696. The molecule has 0 radical (unpaired) electrons. The number of hydrogen-bond acceptors (Lipinski definition) is 4.